The van der Waals surface area contributed by atoms with Crippen molar-refractivity contribution in [1.82, 2.24) is 15.4 Å². The lowest BCUT2D eigenvalue weighted by Gasteiger charge is -2.25. The van der Waals surface area contributed by atoms with Gasteiger partial charge in [-0.3, -0.25) is 4.90 Å². The number of rotatable bonds is 2. The maximum absolute atomic E-state index is 4.09. The van der Waals surface area contributed by atoms with Crippen molar-refractivity contribution in [3.8, 4) is 0 Å². The molecule has 2 aliphatic rings. The molecule has 0 spiro atoms. The fraction of sp³-hybridized carbons (Fsp3) is 0.308. The maximum Gasteiger partial charge on any atom is 0.280 e. The summed E-state index contributed by atoms with van der Waals surface area (Å²) < 4.78 is 0. The van der Waals surface area contributed by atoms with Crippen LogP contribution >= 0.6 is 0 Å². The van der Waals surface area contributed by atoms with Crippen molar-refractivity contribution in [2.75, 3.05) is 13.1 Å². The molecule has 81 valence electrons. The van der Waals surface area contributed by atoms with Crippen molar-refractivity contribution in [3.05, 3.63) is 47.2 Å². The van der Waals surface area contributed by atoms with Crippen molar-refractivity contribution < 1.29 is 0 Å². The highest BCUT2D eigenvalue weighted by Gasteiger charge is 2.26. The zero-order chi connectivity index (χ0) is 10.8. The van der Waals surface area contributed by atoms with Gasteiger partial charge in [-0.15, -0.1) is 5.43 Å². The highest BCUT2D eigenvalue weighted by atomic mass is 15.3. The first kappa shape index (κ1) is 9.60. The van der Waals surface area contributed by atoms with E-state index in [9.17, 15) is 0 Å². The Hall–Kier alpha value is -1.61. The number of hydrogen-bond donors (Lipinski definition) is 1. The fourth-order valence-electron chi connectivity index (χ4n) is 2.25. The molecule has 0 aromatic heterocycles. The van der Waals surface area contributed by atoms with Gasteiger partial charge in [0.1, 0.15) is 5.70 Å². The number of nitrogens with one attached hydrogen (secondary N) is 1. The van der Waals surface area contributed by atoms with E-state index in [1.165, 1.54) is 16.8 Å². The Morgan fingerprint density at radius 3 is 3.00 bits per heavy atom. The second-order valence-corrected chi connectivity index (χ2v) is 4.32. The van der Waals surface area contributed by atoms with Gasteiger partial charge in [-0.2, -0.15) is 0 Å². The summed E-state index contributed by atoms with van der Waals surface area (Å²) in [6, 6.07) is 10.6. The highest BCUT2D eigenvalue weighted by molar-refractivity contribution is 5.80. The normalized spacial score (nSPS) is 19.8. The Kier molecular flexibility index (Phi) is 2.46. The minimum absolute atomic E-state index is 0.990. The SMILES string of the molecule is C1=[N+]NC2=C1CCN(Cc1ccccc1)C2. The van der Waals surface area contributed by atoms with Crippen LogP contribution in [0.3, 0.4) is 0 Å². The maximum atomic E-state index is 4.09. The Labute approximate surface area is 95.5 Å². The van der Waals surface area contributed by atoms with Crippen LogP contribution in [0.4, 0.5) is 0 Å². The van der Waals surface area contributed by atoms with Crippen molar-refractivity contribution in [2.24, 2.45) is 0 Å². The average molecular weight is 213 g/mol. The molecule has 0 aliphatic carbocycles. The number of hydrazone groups is 1. The van der Waals surface area contributed by atoms with Crippen LogP contribution in [0.2, 0.25) is 0 Å². The first-order valence-corrected chi connectivity index (χ1v) is 5.69. The van der Waals surface area contributed by atoms with Crippen LogP contribution in [0.25, 0.3) is 0 Å². The molecule has 0 bridgehead atoms. The zero-order valence-corrected chi connectivity index (χ0v) is 9.19. The molecule has 0 saturated heterocycles. The highest BCUT2D eigenvalue weighted by Crippen LogP contribution is 2.17. The number of benzene rings is 1. The third-order valence-electron chi connectivity index (χ3n) is 3.14. The van der Waals surface area contributed by atoms with Crippen molar-refractivity contribution in [2.45, 2.75) is 13.0 Å². The first-order valence-electron chi connectivity index (χ1n) is 5.69. The van der Waals surface area contributed by atoms with Crippen LogP contribution in [0.5, 0.6) is 0 Å². The number of nitrogens with zero attached hydrogens (tertiary/aromatic N) is 2. The van der Waals surface area contributed by atoms with E-state index in [4.69, 9.17) is 0 Å². The summed E-state index contributed by atoms with van der Waals surface area (Å²) in [6.07, 6.45) is 3.06. The van der Waals surface area contributed by atoms with Crippen LogP contribution in [-0.2, 0) is 6.54 Å². The molecule has 0 unspecified atom stereocenters. The molecule has 3 heteroatoms. The van der Waals surface area contributed by atoms with Crippen molar-refractivity contribution in [3.63, 3.8) is 0 Å². The molecular weight excluding hydrogens is 198 g/mol. The molecule has 0 fully saturated rings. The van der Waals surface area contributed by atoms with E-state index in [0.717, 1.165) is 26.1 Å². The summed E-state index contributed by atoms with van der Waals surface area (Å²) in [6.45, 7) is 3.14. The largest absolute Gasteiger partial charge is 0.293 e. The van der Waals surface area contributed by atoms with E-state index < -0.39 is 0 Å². The summed E-state index contributed by atoms with van der Waals surface area (Å²) in [5, 5.41) is 4.09. The minimum Gasteiger partial charge on any atom is -0.293 e. The molecule has 1 aromatic carbocycles. The summed E-state index contributed by atoms with van der Waals surface area (Å²) in [7, 11) is 0. The van der Waals surface area contributed by atoms with Gasteiger partial charge >= 0.3 is 0 Å². The van der Waals surface area contributed by atoms with Gasteiger partial charge in [-0.05, 0) is 12.0 Å². The van der Waals surface area contributed by atoms with Gasteiger partial charge < -0.3 is 0 Å². The monoisotopic (exact) mass is 213 g/mol. The Balaban J connectivity index is 1.67. The van der Waals surface area contributed by atoms with E-state index in [0.29, 0.717) is 0 Å². The van der Waals surface area contributed by atoms with Crippen molar-refractivity contribution >= 4 is 6.21 Å². The average Bonchev–Trinajstić information content (AvgIpc) is 2.77. The lowest BCUT2D eigenvalue weighted by molar-refractivity contribution is 0.274. The van der Waals surface area contributed by atoms with Crippen molar-refractivity contribution in [1.29, 1.82) is 0 Å². The van der Waals surface area contributed by atoms with Gasteiger partial charge in [0.25, 0.3) is 6.21 Å². The van der Waals surface area contributed by atoms with E-state index in [1.54, 1.807) is 0 Å². The van der Waals surface area contributed by atoms with Crippen LogP contribution in [0, 0.1) is 0 Å². The molecule has 3 rings (SSSR count). The summed E-state index contributed by atoms with van der Waals surface area (Å²) in [5.41, 5.74) is 7.12. The van der Waals surface area contributed by atoms with Gasteiger partial charge in [0.15, 0.2) is 5.10 Å². The quantitative estimate of drug-likeness (QED) is 0.796. The Morgan fingerprint density at radius 1 is 1.25 bits per heavy atom. The van der Waals surface area contributed by atoms with E-state index >= 15 is 0 Å². The standard InChI is InChI=1S/C13H15N3/c1-2-4-11(5-3-1)9-16-7-6-12-8-14-15-13(12)10-16/h1-5,8,15H,6-7,9-10H2/q+1. The predicted molar refractivity (Wildman–Crippen MR) is 64.7 cm³/mol. The molecule has 0 amide bonds. The lowest BCUT2D eigenvalue weighted by atomic mass is 10.1. The molecule has 3 nitrogen and oxygen atoms in total. The number of hydrogen-bond acceptors (Lipinski definition) is 3. The molecular formula is C13H15N3+. The van der Waals surface area contributed by atoms with Crippen LogP contribution < -0.4 is 10.5 Å². The Bertz CT molecular complexity index is 434. The summed E-state index contributed by atoms with van der Waals surface area (Å²) in [5.74, 6) is 0. The van der Waals surface area contributed by atoms with Gasteiger partial charge in [0.2, 0.25) is 0 Å². The van der Waals surface area contributed by atoms with Gasteiger partial charge in [-0.25, -0.2) is 0 Å². The van der Waals surface area contributed by atoms with Gasteiger partial charge in [0.05, 0.1) is 5.57 Å². The lowest BCUT2D eigenvalue weighted by Crippen LogP contribution is -2.33. The third-order valence-corrected chi connectivity index (χ3v) is 3.14. The first-order chi connectivity index (χ1) is 7.92. The van der Waals surface area contributed by atoms with Crippen LogP contribution in [0.15, 0.2) is 41.6 Å². The third kappa shape index (κ3) is 1.86. The fourth-order valence-corrected chi connectivity index (χ4v) is 2.25. The predicted octanol–water partition coefficient (Wildman–Crippen LogP) is 1.07. The second-order valence-electron chi connectivity index (χ2n) is 4.32. The van der Waals surface area contributed by atoms with Crippen LogP contribution in [0.1, 0.15) is 12.0 Å². The molecule has 16 heavy (non-hydrogen) atoms. The van der Waals surface area contributed by atoms with Gasteiger partial charge in [-0.1, -0.05) is 30.3 Å². The zero-order valence-electron chi connectivity index (χ0n) is 9.19. The van der Waals surface area contributed by atoms with E-state index in [-0.39, 0.29) is 0 Å². The molecule has 0 atom stereocenters. The van der Waals surface area contributed by atoms with Crippen LogP contribution in [-0.4, -0.2) is 24.2 Å². The molecule has 1 aromatic rings. The van der Waals surface area contributed by atoms with Gasteiger partial charge in [0, 0.05) is 19.6 Å². The van der Waals surface area contributed by atoms with E-state index in [2.05, 4.69) is 45.8 Å². The second kappa shape index (κ2) is 4.10. The minimum atomic E-state index is 0.990. The molecule has 2 aliphatic heterocycles. The summed E-state index contributed by atoms with van der Waals surface area (Å²) >= 11 is 0. The van der Waals surface area contributed by atoms with E-state index in [1.807, 2.05) is 6.21 Å². The molecule has 1 radical (unpaired) electrons. The smallest absolute Gasteiger partial charge is 0.280 e. The Morgan fingerprint density at radius 2 is 2.12 bits per heavy atom. The summed E-state index contributed by atoms with van der Waals surface area (Å²) in [4.78, 5) is 2.45. The topological polar surface area (TPSA) is 29.4 Å². The molecule has 2 heterocycles. The molecule has 1 N–H and O–H groups in total. The molecule has 0 saturated carbocycles.